The van der Waals surface area contributed by atoms with Gasteiger partial charge in [0, 0.05) is 29.6 Å². The molecule has 0 fully saturated rings. The molecule has 1 aromatic carbocycles. The number of nitrogens with one attached hydrogen (secondary N) is 1. The average molecular weight is 343 g/mol. The summed E-state index contributed by atoms with van der Waals surface area (Å²) < 4.78 is 1.56. The van der Waals surface area contributed by atoms with Gasteiger partial charge in [-0.15, -0.1) is 0 Å². The number of nitrogens with two attached hydrogens (primary N) is 1. The van der Waals surface area contributed by atoms with Gasteiger partial charge < -0.3 is 15.6 Å². The Morgan fingerprint density at radius 1 is 1.29 bits per heavy atom. The standard InChI is InChI=1S/C18H21N3O2S/c1-12-6-5-9-21(16(12)22)11-18(2,3)17(23)20-14-8-4-7-13(10-14)15(19)24/h4-10H,11H2,1-3H3,(H2,19,24)(H,20,23). The van der Waals surface area contributed by atoms with E-state index in [4.69, 9.17) is 18.0 Å². The van der Waals surface area contributed by atoms with Crippen molar-refractivity contribution < 1.29 is 4.79 Å². The van der Waals surface area contributed by atoms with Crippen LogP contribution in [0.1, 0.15) is 25.0 Å². The number of pyridine rings is 1. The third kappa shape index (κ3) is 4.08. The van der Waals surface area contributed by atoms with Crippen LogP contribution in [0.15, 0.2) is 47.4 Å². The normalized spacial score (nSPS) is 11.1. The molecule has 126 valence electrons. The van der Waals surface area contributed by atoms with Gasteiger partial charge in [0.25, 0.3) is 5.56 Å². The van der Waals surface area contributed by atoms with E-state index in [2.05, 4.69) is 5.32 Å². The molecule has 6 heteroatoms. The van der Waals surface area contributed by atoms with Gasteiger partial charge in [0.2, 0.25) is 5.91 Å². The molecule has 0 spiro atoms. The molecule has 24 heavy (non-hydrogen) atoms. The molecule has 2 aromatic rings. The van der Waals surface area contributed by atoms with E-state index in [1.165, 1.54) is 0 Å². The van der Waals surface area contributed by atoms with Gasteiger partial charge in [0.1, 0.15) is 4.99 Å². The first kappa shape index (κ1) is 17.9. The fraction of sp³-hybridized carbons (Fsp3) is 0.278. The maximum Gasteiger partial charge on any atom is 0.253 e. The van der Waals surface area contributed by atoms with E-state index in [0.717, 1.165) is 0 Å². The van der Waals surface area contributed by atoms with Crippen LogP contribution in [0, 0.1) is 12.3 Å². The molecule has 5 nitrogen and oxygen atoms in total. The molecular weight excluding hydrogens is 322 g/mol. The molecule has 1 heterocycles. The van der Waals surface area contributed by atoms with Crippen LogP contribution in [0.3, 0.4) is 0 Å². The summed E-state index contributed by atoms with van der Waals surface area (Å²) in [5, 5.41) is 2.86. The lowest BCUT2D eigenvalue weighted by Gasteiger charge is -2.25. The minimum Gasteiger partial charge on any atom is -0.389 e. The molecular formula is C18H21N3O2S. The Bertz CT molecular complexity index is 840. The summed E-state index contributed by atoms with van der Waals surface area (Å²) in [6.07, 6.45) is 1.69. The highest BCUT2D eigenvalue weighted by molar-refractivity contribution is 7.80. The third-order valence-electron chi connectivity index (χ3n) is 3.80. The van der Waals surface area contributed by atoms with Crippen molar-refractivity contribution in [3.63, 3.8) is 0 Å². The second-order valence-corrected chi connectivity index (χ2v) is 6.85. The molecule has 0 aliphatic heterocycles. The topological polar surface area (TPSA) is 77.1 Å². The van der Waals surface area contributed by atoms with Crippen LogP contribution >= 0.6 is 12.2 Å². The van der Waals surface area contributed by atoms with Crippen molar-refractivity contribution in [1.29, 1.82) is 0 Å². The number of carbonyl (C=O) groups is 1. The van der Waals surface area contributed by atoms with E-state index in [9.17, 15) is 9.59 Å². The van der Waals surface area contributed by atoms with Crippen LogP contribution in [-0.2, 0) is 11.3 Å². The van der Waals surface area contributed by atoms with Gasteiger partial charge in [0.15, 0.2) is 0 Å². The van der Waals surface area contributed by atoms with Crippen molar-refractivity contribution in [1.82, 2.24) is 4.57 Å². The van der Waals surface area contributed by atoms with E-state index < -0.39 is 5.41 Å². The predicted octanol–water partition coefficient (Wildman–Crippen LogP) is 2.46. The number of benzene rings is 1. The Balaban J connectivity index is 2.18. The lowest BCUT2D eigenvalue weighted by atomic mass is 9.91. The van der Waals surface area contributed by atoms with Crippen LogP contribution in [-0.4, -0.2) is 15.5 Å². The molecule has 0 unspecified atom stereocenters. The van der Waals surface area contributed by atoms with Gasteiger partial charge in [-0.05, 0) is 39.0 Å². The zero-order chi connectivity index (χ0) is 17.9. The quantitative estimate of drug-likeness (QED) is 0.818. The molecule has 1 amide bonds. The first-order chi connectivity index (χ1) is 11.2. The van der Waals surface area contributed by atoms with E-state index in [1.807, 2.05) is 0 Å². The molecule has 0 saturated heterocycles. The molecule has 1 aromatic heterocycles. The molecule has 0 bridgehead atoms. The smallest absolute Gasteiger partial charge is 0.253 e. The van der Waals surface area contributed by atoms with Gasteiger partial charge in [-0.1, -0.05) is 30.4 Å². The highest BCUT2D eigenvalue weighted by Gasteiger charge is 2.28. The lowest BCUT2D eigenvalue weighted by molar-refractivity contribution is -0.124. The Labute approximate surface area is 146 Å². The second kappa shape index (κ2) is 6.97. The molecule has 0 aliphatic carbocycles. The molecule has 0 aliphatic rings. The molecule has 0 atom stereocenters. The fourth-order valence-electron chi connectivity index (χ4n) is 2.33. The summed E-state index contributed by atoms with van der Waals surface area (Å²) in [4.78, 5) is 25.1. The van der Waals surface area contributed by atoms with Crippen molar-refractivity contribution >= 4 is 28.8 Å². The van der Waals surface area contributed by atoms with Crippen LogP contribution in [0.4, 0.5) is 5.69 Å². The number of aromatic nitrogens is 1. The largest absolute Gasteiger partial charge is 0.389 e. The number of hydrogen-bond donors (Lipinski definition) is 2. The number of amides is 1. The monoisotopic (exact) mass is 343 g/mol. The summed E-state index contributed by atoms with van der Waals surface area (Å²) >= 11 is 4.95. The molecule has 0 radical (unpaired) electrons. The van der Waals surface area contributed by atoms with Crippen molar-refractivity contribution in [2.45, 2.75) is 27.3 Å². The maximum absolute atomic E-state index is 12.6. The van der Waals surface area contributed by atoms with Crippen molar-refractivity contribution in [3.05, 3.63) is 64.1 Å². The minimum atomic E-state index is -0.767. The second-order valence-electron chi connectivity index (χ2n) is 6.41. The average Bonchev–Trinajstić information content (AvgIpc) is 2.52. The van der Waals surface area contributed by atoms with Crippen molar-refractivity contribution in [3.8, 4) is 0 Å². The first-order valence-electron chi connectivity index (χ1n) is 7.58. The number of rotatable bonds is 5. The summed E-state index contributed by atoms with van der Waals surface area (Å²) in [6, 6.07) is 10.6. The summed E-state index contributed by atoms with van der Waals surface area (Å²) in [7, 11) is 0. The Morgan fingerprint density at radius 2 is 2.00 bits per heavy atom. The highest BCUT2D eigenvalue weighted by Crippen LogP contribution is 2.21. The fourth-order valence-corrected chi connectivity index (χ4v) is 2.46. The number of thiocarbonyl (C=S) groups is 1. The Kier molecular flexibility index (Phi) is 5.19. The van der Waals surface area contributed by atoms with Gasteiger partial charge in [0.05, 0.1) is 5.41 Å². The van der Waals surface area contributed by atoms with Gasteiger partial charge >= 0.3 is 0 Å². The Hall–Kier alpha value is -2.47. The number of hydrogen-bond acceptors (Lipinski definition) is 3. The number of anilines is 1. The zero-order valence-corrected chi connectivity index (χ0v) is 14.8. The highest BCUT2D eigenvalue weighted by atomic mass is 32.1. The number of nitrogens with zero attached hydrogens (tertiary/aromatic N) is 1. The zero-order valence-electron chi connectivity index (χ0n) is 14.0. The minimum absolute atomic E-state index is 0.0890. The van der Waals surface area contributed by atoms with Crippen LogP contribution < -0.4 is 16.6 Å². The van der Waals surface area contributed by atoms with Gasteiger partial charge in [-0.2, -0.15) is 0 Å². The van der Waals surface area contributed by atoms with E-state index >= 15 is 0 Å². The summed E-state index contributed by atoms with van der Waals surface area (Å²) in [5.74, 6) is -0.184. The third-order valence-corrected chi connectivity index (χ3v) is 4.03. The van der Waals surface area contributed by atoms with Crippen LogP contribution in [0.25, 0.3) is 0 Å². The van der Waals surface area contributed by atoms with E-state index in [-0.39, 0.29) is 23.0 Å². The van der Waals surface area contributed by atoms with Crippen LogP contribution in [0.2, 0.25) is 0 Å². The predicted molar refractivity (Wildman–Crippen MR) is 100 cm³/mol. The maximum atomic E-state index is 12.6. The molecule has 0 saturated carbocycles. The number of aryl methyl sites for hydroxylation is 1. The lowest BCUT2D eigenvalue weighted by Crippen LogP contribution is -2.38. The molecule has 2 rings (SSSR count). The first-order valence-corrected chi connectivity index (χ1v) is 7.99. The summed E-state index contributed by atoms with van der Waals surface area (Å²) in [5.41, 5.74) is 6.72. The SMILES string of the molecule is Cc1cccn(CC(C)(C)C(=O)Nc2cccc(C(N)=S)c2)c1=O. The van der Waals surface area contributed by atoms with E-state index in [1.54, 1.807) is 67.9 Å². The Morgan fingerprint density at radius 3 is 2.67 bits per heavy atom. The van der Waals surface area contributed by atoms with Crippen molar-refractivity contribution in [2.24, 2.45) is 11.1 Å². The number of carbonyl (C=O) groups excluding carboxylic acids is 1. The van der Waals surface area contributed by atoms with Gasteiger partial charge in [-0.25, -0.2) is 0 Å². The molecule has 3 N–H and O–H groups in total. The van der Waals surface area contributed by atoms with Crippen LogP contribution in [0.5, 0.6) is 0 Å². The van der Waals surface area contributed by atoms with E-state index in [0.29, 0.717) is 16.8 Å². The van der Waals surface area contributed by atoms with Crippen molar-refractivity contribution in [2.75, 3.05) is 5.32 Å². The van der Waals surface area contributed by atoms with Gasteiger partial charge in [-0.3, -0.25) is 9.59 Å². The summed E-state index contributed by atoms with van der Waals surface area (Å²) in [6.45, 7) is 5.64.